The van der Waals surface area contributed by atoms with Crippen LogP contribution < -0.4 is 16.0 Å². The minimum Gasteiger partial charge on any atom is -0.399 e. The van der Waals surface area contributed by atoms with Crippen LogP contribution in [0.3, 0.4) is 0 Å². The Morgan fingerprint density at radius 1 is 1.00 bits per heavy atom. The van der Waals surface area contributed by atoms with Gasteiger partial charge in [0.2, 0.25) is 0 Å². The van der Waals surface area contributed by atoms with E-state index in [1.165, 1.54) is 0 Å². The third-order valence-electron chi connectivity index (χ3n) is 2.91. The zero-order chi connectivity index (χ0) is 13.1. The number of hydrogen-bond donors (Lipinski definition) is 2. The van der Waals surface area contributed by atoms with Crippen molar-refractivity contribution in [1.82, 2.24) is 0 Å². The van der Waals surface area contributed by atoms with E-state index in [1.54, 1.807) is 0 Å². The van der Waals surface area contributed by atoms with Gasteiger partial charge in [0.1, 0.15) is 0 Å². The largest absolute Gasteiger partial charge is 0.399 e. The highest BCUT2D eigenvalue weighted by atomic mass is 15.1. The van der Waals surface area contributed by atoms with Crippen molar-refractivity contribution in [3.8, 4) is 0 Å². The minimum absolute atomic E-state index is 0.791. The fourth-order valence-corrected chi connectivity index (χ4v) is 1.94. The summed E-state index contributed by atoms with van der Waals surface area (Å²) in [4.78, 5) is 2.09. The van der Waals surface area contributed by atoms with Crippen LogP contribution >= 0.6 is 0 Å². The Balaban J connectivity index is 2.34. The van der Waals surface area contributed by atoms with Crippen LogP contribution in [-0.2, 0) is 0 Å². The Morgan fingerprint density at radius 3 is 2.39 bits per heavy atom. The highest BCUT2D eigenvalue weighted by molar-refractivity contribution is 5.76. The van der Waals surface area contributed by atoms with E-state index in [0.717, 1.165) is 28.3 Å². The number of nitrogens with zero attached hydrogens (tertiary/aromatic N) is 1. The molecule has 0 aliphatic rings. The Bertz CT molecular complexity index is 547. The van der Waals surface area contributed by atoms with Crippen molar-refractivity contribution in [1.29, 1.82) is 0 Å². The third-order valence-corrected chi connectivity index (χ3v) is 2.91. The second kappa shape index (κ2) is 5.00. The molecule has 0 aliphatic heterocycles. The predicted octanol–water partition coefficient (Wildman–Crippen LogP) is 3.39. The van der Waals surface area contributed by atoms with Crippen molar-refractivity contribution in [2.45, 2.75) is 6.92 Å². The Morgan fingerprint density at radius 2 is 1.72 bits per heavy atom. The molecule has 0 heterocycles. The molecule has 0 aromatic heterocycles. The average molecular weight is 241 g/mol. The van der Waals surface area contributed by atoms with Gasteiger partial charge in [-0.15, -0.1) is 0 Å². The molecule has 18 heavy (non-hydrogen) atoms. The van der Waals surface area contributed by atoms with Gasteiger partial charge in [-0.05, 0) is 42.8 Å². The fourth-order valence-electron chi connectivity index (χ4n) is 1.94. The molecule has 3 heteroatoms. The Kier molecular flexibility index (Phi) is 3.42. The highest BCUT2D eigenvalue weighted by Gasteiger charge is 2.05. The Hall–Kier alpha value is -2.16. The molecule has 2 aromatic carbocycles. The maximum absolute atomic E-state index is 5.76. The standard InChI is InChI=1S/C15H19N3/c1-11-10-12(16)8-9-13(11)17-14-6-4-5-7-15(14)18(2)3/h4-10,17H,16H2,1-3H3. The first-order valence-corrected chi connectivity index (χ1v) is 5.97. The van der Waals surface area contributed by atoms with Crippen LogP contribution in [0.25, 0.3) is 0 Å². The second-order valence-electron chi connectivity index (χ2n) is 4.61. The average Bonchev–Trinajstić information content (AvgIpc) is 2.33. The SMILES string of the molecule is Cc1cc(N)ccc1Nc1ccccc1N(C)C. The van der Waals surface area contributed by atoms with Crippen molar-refractivity contribution in [3.63, 3.8) is 0 Å². The minimum atomic E-state index is 0.791. The lowest BCUT2D eigenvalue weighted by Gasteiger charge is -2.19. The maximum Gasteiger partial charge on any atom is 0.0621 e. The zero-order valence-electron chi connectivity index (χ0n) is 11.1. The van der Waals surface area contributed by atoms with Crippen LogP contribution in [-0.4, -0.2) is 14.1 Å². The smallest absolute Gasteiger partial charge is 0.0621 e. The molecule has 0 bridgehead atoms. The molecule has 2 aromatic rings. The van der Waals surface area contributed by atoms with E-state index in [9.17, 15) is 0 Å². The lowest BCUT2D eigenvalue weighted by atomic mass is 10.1. The molecule has 0 amide bonds. The molecule has 2 rings (SSSR count). The predicted molar refractivity (Wildman–Crippen MR) is 79.6 cm³/mol. The van der Waals surface area contributed by atoms with Crippen LogP contribution in [0.4, 0.5) is 22.7 Å². The van der Waals surface area contributed by atoms with Gasteiger partial charge in [-0.3, -0.25) is 0 Å². The third kappa shape index (κ3) is 2.56. The van der Waals surface area contributed by atoms with Gasteiger partial charge in [0, 0.05) is 25.5 Å². The molecule has 3 nitrogen and oxygen atoms in total. The summed E-state index contributed by atoms with van der Waals surface area (Å²) in [5, 5.41) is 3.45. The number of aryl methyl sites for hydroxylation is 1. The molecule has 0 aliphatic carbocycles. The first-order chi connectivity index (χ1) is 8.58. The summed E-state index contributed by atoms with van der Waals surface area (Å²) < 4.78 is 0. The van der Waals surface area contributed by atoms with E-state index >= 15 is 0 Å². The number of para-hydroxylation sites is 2. The number of nitrogens with two attached hydrogens (primary N) is 1. The summed E-state index contributed by atoms with van der Waals surface area (Å²) in [6.07, 6.45) is 0. The van der Waals surface area contributed by atoms with Gasteiger partial charge in [-0.1, -0.05) is 12.1 Å². The number of rotatable bonds is 3. The van der Waals surface area contributed by atoms with E-state index in [1.807, 2.05) is 44.4 Å². The lowest BCUT2D eigenvalue weighted by Crippen LogP contribution is -2.10. The summed E-state index contributed by atoms with van der Waals surface area (Å²) in [5.74, 6) is 0. The number of hydrogen-bond acceptors (Lipinski definition) is 3. The normalized spacial score (nSPS) is 10.2. The molecular weight excluding hydrogens is 222 g/mol. The lowest BCUT2D eigenvalue weighted by molar-refractivity contribution is 1.13. The number of nitrogens with one attached hydrogen (secondary N) is 1. The summed E-state index contributed by atoms with van der Waals surface area (Å²) in [7, 11) is 4.08. The highest BCUT2D eigenvalue weighted by Crippen LogP contribution is 2.29. The van der Waals surface area contributed by atoms with Crippen LogP contribution in [0.1, 0.15) is 5.56 Å². The molecule has 94 valence electrons. The first kappa shape index (κ1) is 12.3. The quantitative estimate of drug-likeness (QED) is 0.809. The second-order valence-corrected chi connectivity index (χ2v) is 4.61. The van der Waals surface area contributed by atoms with E-state index in [4.69, 9.17) is 5.73 Å². The number of benzene rings is 2. The molecule has 0 radical (unpaired) electrons. The Labute approximate surface area is 108 Å². The van der Waals surface area contributed by atoms with Crippen molar-refractivity contribution in [3.05, 3.63) is 48.0 Å². The summed E-state index contributed by atoms with van der Waals surface area (Å²) in [6.45, 7) is 2.05. The number of nitrogen functional groups attached to an aromatic ring is 1. The van der Waals surface area contributed by atoms with Crippen LogP contribution in [0.2, 0.25) is 0 Å². The van der Waals surface area contributed by atoms with Crippen LogP contribution in [0, 0.1) is 6.92 Å². The molecule has 0 unspecified atom stereocenters. The molecule has 0 saturated carbocycles. The van der Waals surface area contributed by atoms with Gasteiger partial charge >= 0.3 is 0 Å². The first-order valence-electron chi connectivity index (χ1n) is 5.97. The maximum atomic E-state index is 5.76. The van der Waals surface area contributed by atoms with Crippen molar-refractivity contribution < 1.29 is 0 Å². The molecular formula is C15H19N3. The number of anilines is 4. The molecule has 0 saturated heterocycles. The fraction of sp³-hybridized carbons (Fsp3) is 0.200. The van der Waals surface area contributed by atoms with Crippen LogP contribution in [0.5, 0.6) is 0 Å². The molecule has 0 spiro atoms. The van der Waals surface area contributed by atoms with Gasteiger partial charge in [0.25, 0.3) is 0 Å². The summed E-state index contributed by atoms with van der Waals surface area (Å²) in [6, 6.07) is 14.1. The van der Waals surface area contributed by atoms with Gasteiger partial charge in [0.05, 0.1) is 11.4 Å². The van der Waals surface area contributed by atoms with E-state index in [-0.39, 0.29) is 0 Å². The van der Waals surface area contributed by atoms with Crippen molar-refractivity contribution >= 4 is 22.7 Å². The van der Waals surface area contributed by atoms with E-state index < -0.39 is 0 Å². The van der Waals surface area contributed by atoms with Crippen molar-refractivity contribution in [2.75, 3.05) is 30.0 Å². The topological polar surface area (TPSA) is 41.3 Å². The van der Waals surface area contributed by atoms with Gasteiger partial charge in [-0.2, -0.15) is 0 Å². The van der Waals surface area contributed by atoms with Gasteiger partial charge < -0.3 is 16.0 Å². The van der Waals surface area contributed by atoms with Crippen molar-refractivity contribution in [2.24, 2.45) is 0 Å². The summed E-state index contributed by atoms with van der Waals surface area (Å²) in [5.41, 5.74) is 11.0. The van der Waals surface area contributed by atoms with E-state index in [2.05, 4.69) is 29.3 Å². The molecule has 0 fully saturated rings. The van der Waals surface area contributed by atoms with Gasteiger partial charge in [-0.25, -0.2) is 0 Å². The molecule has 0 atom stereocenters. The van der Waals surface area contributed by atoms with Crippen LogP contribution in [0.15, 0.2) is 42.5 Å². The summed E-state index contributed by atoms with van der Waals surface area (Å²) >= 11 is 0. The van der Waals surface area contributed by atoms with Gasteiger partial charge in [0.15, 0.2) is 0 Å². The van der Waals surface area contributed by atoms with E-state index in [0.29, 0.717) is 0 Å². The molecule has 3 N–H and O–H groups in total. The zero-order valence-corrected chi connectivity index (χ0v) is 11.1. The monoisotopic (exact) mass is 241 g/mol.